The maximum atomic E-state index is 14.5. The number of amides is 1. The molecule has 12 nitrogen and oxygen atoms in total. The summed E-state index contributed by atoms with van der Waals surface area (Å²) in [5.41, 5.74) is 4.86. The van der Waals surface area contributed by atoms with Crippen LogP contribution >= 0.6 is 0 Å². The Morgan fingerprint density at radius 1 is 1.04 bits per heavy atom. The number of carbonyl (C=O) groups is 1. The van der Waals surface area contributed by atoms with Gasteiger partial charge in [-0.25, -0.2) is 0 Å². The molecule has 12 heteroatoms. The van der Waals surface area contributed by atoms with Gasteiger partial charge in [0.1, 0.15) is 31.3 Å². The van der Waals surface area contributed by atoms with Gasteiger partial charge >= 0.3 is 0 Å². The summed E-state index contributed by atoms with van der Waals surface area (Å²) in [6.45, 7) is 6.76. The maximum Gasteiger partial charge on any atom is 0.254 e. The predicted molar refractivity (Wildman–Crippen MR) is 210 cm³/mol. The van der Waals surface area contributed by atoms with Crippen molar-refractivity contribution >= 4 is 11.6 Å². The van der Waals surface area contributed by atoms with Crippen LogP contribution in [-0.4, -0.2) is 84.3 Å². The van der Waals surface area contributed by atoms with Crippen LogP contribution in [0, 0.1) is 24.7 Å². The first kappa shape index (κ1) is 39.3. The standard InChI is InChI=1S/C44H53N3O9/c1-5-21-55-44-40(47(3)43(50)30-15-17-38-39(23-30)54-27-53-38)25-36(46-51-4)34-22-29(12-6-8-19-48)33(14-7-9-20-49)41(42(34)44)35-24-32(16-18-37(35)56-44)52-26-31-13-10-11-28(2)45-31/h5,10-11,13,15-18,22-24,29,33,40-42,48-49H,1,6-9,12,14,19-21,25-27H2,2-4H3/t29-,33+,40-,41+,42+,44+/m0/s1. The topological polar surface area (TPSA) is 141 Å². The fourth-order valence-electron chi connectivity index (χ4n) is 9.14. The molecule has 1 fully saturated rings. The van der Waals surface area contributed by atoms with Crippen molar-refractivity contribution in [3.05, 3.63) is 101 Å². The molecule has 2 aliphatic heterocycles. The van der Waals surface area contributed by atoms with Crippen molar-refractivity contribution in [2.45, 2.75) is 76.2 Å². The number of aliphatic hydroxyl groups excluding tert-OH is 2. The van der Waals surface area contributed by atoms with Gasteiger partial charge in [-0.1, -0.05) is 36.2 Å². The van der Waals surface area contributed by atoms with Gasteiger partial charge in [-0.05, 0) is 98.5 Å². The van der Waals surface area contributed by atoms with E-state index in [1.807, 2.05) is 37.3 Å². The number of oxime groups is 1. The summed E-state index contributed by atoms with van der Waals surface area (Å²) in [6.07, 6.45) is 9.05. The molecule has 0 radical (unpaired) electrons. The largest absolute Gasteiger partial charge is 0.487 e. The van der Waals surface area contributed by atoms with E-state index < -0.39 is 17.7 Å². The SMILES string of the molecule is C=CCO[C@@]12Oc3ccc(OCc4cccc(C)n4)cc3[C@H]3[C@H](CCCCO)[C@@H](CCCCO)C=C(C(=NOC)C[C@@H]1N(C)C(=O)c1ccc4c(c1)OCO4)[C@H]32. The lowest BCUT2D eigenvalue weighted by Gasteiger charge is -2.59. The van der Waals surface area contributed by atoms with Crippen LogP contribution in [0.15, 0.2) is 84.1 Å². The molecular weight excluding hydrogens is 714 g/mol. The molecule has 2 N–H and O–H groups in total. The Hall–Kier alpha value is -4.91. The molecule has 0 saturated heterocycles. The summed E-state index contributed by atoms with van der Waals surface area (Å²) in [7, 11) is 3.31. The molecule has 1 aromatic heterocycles. The Morgan fingerprint density at radius 3 is 2.59 bits per heavy atom. The predicted octanol–water partition coefficient (Wildman–Crippen LogP) is 6.73. The van der Waals surface area contributed by atoms with E-state index in [1.54, 1.807) is 36.2 Å². The highest BCUT2D eigenvalue weighted by atomic mass is 16.7. The second-order valence-corrected chi connectivity index (χ2v) is 15.0. The van der Waals surface area contributed by atoms with Crippen LogP contribution in [0.1, 0.15) is 78.2 Å². The van der Waals surface area contributed by atoms with Crippen molar-refractivity contribution < 1.29 is 43.5 Å². The number of pyridine rings is 1. The van der Waals surface area contributed by atoms with Crippen molar-refractivity contribution in [1.82, 2.24) is 9.88 Å². The van der Waals surface area contributed by atoms with E-state index in [9.17, 15) is 15.0 Å². The van der Waals surface area contributed by atoms with Gasteiger partial charge < -0.3 is 43.6 Å². The molecule has 1 amide bonds. The third-order valence-corrected chi connectivity index (χ3v) is 11.6. The molecule has 298 valence electrons. The van der Waals surface area contributed by atoms with E-state index in [4.69, 9.17) is 28.5 Å². The Bertz CT molecular complexity index is 1950. The molecule has 0 bridgehead atoms. The Kier molecular flexibility index (Phi) is 12.3. The number of hydrogen-bond donors (Lipinski definition) is 2. The Morgan fingerprint density at radius 2 is 1.82 bits per heavy atom. The van der Waals surface area contributed by atoms with Crippen molar-refractivity contribution in [3.63, 3.8) is 0 Å². The number of aliphatic hydroxyl groups is 2. The fraction of sp³-hybridized carbons (Fsp3) is 0.477. The van der Waals surface area contributed by atoms with Gasteiger partial charge in [-0.15, -0.1) is 6.58 Å². The van der Waals surface area contributed by atoms with Gasteiger partial charge in [0, 0.05) is 49.4 Å². The summed E-state index contributed by atoms with van der Waals surface area (Å²) in [6, 6.07) is 16.4. The lowest BCUT2D eigenvalue weighted by Crippen LogP contribution is -2.69. The molecule has 0 spiro atoms. The van der Waals surface area contributed by atoms with E-state index in [0.717, 1.165) is 53.9 Å². The number of likely N-dealkylation sites (N-methyl/N-ethyl adjacent to an activating group) is 1. The zero-order valence-electron chi connectivity index (χ0n) is 32.5. The van der Waals surface area contributed by atoms with E-state index in [2.05, 4.69) is 28.9 Å². The summed E-state index contributed by atoms with van der Waals surface area (Å²) in [4.78, 5) is 26.4. The number of fused-ring (bicyclic) bond motifs is 3. The number of allylic oxidation sites excluding steroid dienone is 1. The van der Waals surface area contributed by atoms with Gasteiger partial charge in [-0.2, -0.15) is 0 Å². The third-order valence-electron chi connectivity index (χ3n) is 11.6. The average molecular weight is 768 g/mol. The third kappa shape index (κ3) is 7.74. The molecule has 3 aromatic rings. The van der Waals surface area contributed by atoms with Crippen LogP contribution in [0.4, 0.5) is 0 Å². The monoisotopic (exact) mass is 767 g/mol. The normalized spacial score (nSPS) is 25.1. The Balaban J connectivity index is 1.38. The van der Waals surface area contributed by atoms with Crippen molar-refractivity contribution in [2.24, 2.45) is 22.9 Å². The van der Waals surface area contributed by atoms with Gasteiger partial charge in [0.25, 0.3) is 5.91 Å². The van der Waals surface area contributed by atoms with Crippen LogP contribution < -0.4 is 18.9 Å². The number of unbranched alkanes of at least 4 members (excludes halogenated alkanes) is 2. The van der Waals surface area contributed by atoms with E-state index in [-0.39, 0.29) is 50.3 Å². The number of rotatable bonds is 17. The van der Waals surface area contributed by atoms with Crippen molar-refractivity contribution in [3.8, 4) is 23.0 Å². The molecule has 2 aromatic carbocycles. The second kappa shape index (κ2) is 17.5. The average Bonchev–Trinajstić information content (AvgIpc) is 3.69. The highest BCUT2D eigenvalue weighted by Gasteiger charge is 2.65. The highest BCUT2D eigenvalue weighted by Crippen LogP contribution is 2.62. The van der Waals surface area contributed by atoms with Crippen LogP contribution in [0.3, 0.4) is 0 Å². The zero-order valence-corrected chi connectivity index (χ0v) is 32.5. The number of ether oxygens (including phenoxy) is 5. The van der Waals surface area contributed by atoms with E-state index >= 15 is 0 Å². The number of carbonyl (C=O) groups excluding carboxylic acids is 1. The summed E-state index contributed by atoms with van der Waals surface area (Å²) in [5.74, 6) is 0.472. The highest BCUT2D eigenvalue weighted by molar-refractivity contribution is 6.03. The van der Waals surface area contributed by atoms with Crippen LogP contribution in [0.2, 0.25) is 0 Å². The molecule has 1 saturated carbocycles. The van der Waals surface area contributed by atoms with Gasteiger partial charge in [0.15, 0.2) is 11.5 Å². The maximum absolute atomic E-state index is 14.5. The number of aromatic nitrogens is 1. The first-order chi connectivity index (χ1) is 27.3. The Labute approximate surface area is 328 Å². The molecule has 3 heterocycles. The van der Waals surface area contributed by atoms with Crippen LogP contribution in [0.25, 0.3) is 0 Å². The zero-order chi connectivity index (χ0) is 39.2. The molecule has 56 heavy (non-hydrogen) atoms. The van der Waals surface area contributed by atoms with E-state index in [0.29, 0.717) is 54.4 Å². The lowest BCUT2D eigenvalue weighted by molar-refractivity contribution is -0.252. The van der Waals surface area contributed by atoms with E-state index in [1.165, 1.54) is 7.11 Å². The number of nitrogens with zero attached hydrogens (tertiary/aromatic N) is 3. The first-order valence-electron chi connectivity index (χ1n) is 19.7. The lowest BCUT2D eigenvalue weighted by atomic mass is 9.55. The summed E-state index contributed by atoms with van der Waals surface area (Å²) in [5, 5.41) is 24.3. The molecule has 7 rings (SSSR count). The van der Waals surface area contributed by atoms with Gasteiger partial charge in [0.05, 0.1) is 23.9 Å². The number of benzene rings is 2. The molecule has 2 aliphatic carbocycles. The minimum absolute atomic E-state index is 0.0921. The summed E-state index contributed by atoms with van der Waals surface area (Å²) < 4.78 is 31.7. The fourth-order valence-corrected chi connectivity index (χ4v) is 9.14. The summed E-state index contributed by atoms with van der Waals surface area (Å²) >= 11 is 0. The quantitative estimate of drug-likeness (QED) is 0.0863. The molecule has 6 atom stereocenters. The molecule has 4 aliphatic rings. The van der Waals surface area contributed by atoms with Gasteiger partial charge in [-0.3, -0.25) is 9.78 Å². The minimum Gasteiger partial charge on any atom is -0.487 e. The smallest absolute Gasteiger partial charge is 0.254 e. The second-order valence-electron chi connectivity index (χ2n) is 15.0. The molecule has 0 unspecified atom stereocenters. The first-order valence-corrected chi connectivity index (χ1v) is 19.7. The van der Waals surface area contributed by atoms with Crippen LogP contribution in [0.5, 0.6) is 23.0 Å². The van der Waals surface area contributed by atoms with Gasteiger partial charge in [0.2, 0.25) is 12.6 Å². The van der Waals surface area contributed by atoms with Crippen molar-refractivity contribution in [1.29, 1.82) is 0 Å². The van der Waals surface area contributed by atoms with Crippen molar-refractivity contribution in [2.75, 3.05) is 40.8 Å². The number of aryl methyl sites for hydroxylation is 1. The minimum atomic E-state index is -1.36. The number of hydrogen-bond acceptors (Lipinski definition) is 11. The molecular formula is C44H53N3O9. The van der Waals surface area contributed by atoms with Crippen LogP contribution in [-0.2, 0) is 16.2 Å².